The largest absolute Gasteiger partial charge is 0.314 e. The van der Waals surface area contributed by atoms with Crippen LogP contribution in [-0.2, 0) is 10.0 Å². The molecule has 6 nitrogen and oxygen atoms in total. The highest BCUT2D eigenvalue weighted by Crippen LogP contribution is 2.07. The van der Waals surface area contributed by atoms with E-state index in [9.17, 15) is 12.8 Å². The fraction of sp³-hybridized carbons (Fsp3) is 0.545. The molecule has 0 spiro atoms. The molecule has 1 fully saturated rings. The van der Waals surface area contributed by atoms with E-state index in [2.05, 4.69) is 19.9 Å². The van der Waals surface area contributed by atoms with Gasteiger partial charge in [-0.05, 0) is 6.07 Å². The van der Waals surface area contributed by atoms with Gasteiger partial charge >= 0.3 is 0 Å². The monoisotopic (exact) mass is 360 g/mol. The average molecular weight is 361 g/mol. The molecule has 21 heavy (non-hydrogen) atoms. The van der Waals surface area contributed by atoms with Crippen molar-refractivity contribution in [1.29, 1.82) is 0 Å². The van der Waals surface area contributed by atoms with Gasteiger partial charge in [-0.1, -0.05) is 0 Å². The minimum Gasteiger partial charge on any atom is -0.314 e. The number of pyridine rings is 1. The summed E-state index contributed by atoms with van der Waals surface area (Å²) in [6.07, 6.45) is 2.11. The zero-order chi connectivity index (χ0) is 13.7. The maximum absolute atomic E-state index is 12.9. The van der Waals surface area contributed by atoms with Crippen molar-refractivity contribution in [2.75, 3.05) is 39.3 Å². The van der Waals surface area contributed by atoms with Crippen molar-refractivity contribution in [1.82, 2.24) is 19.9 Å². The number of sulfonamides is 1. The standard InChI is InChI=1S/C11H17FN4O2S.2ClH/c12-10-7-11(9-14-8-10)19(17,18)15-3-6-16-4-1-13-2-5-16;;/h7-9,13,15H,1-6H2;2*1H. The SMILES string of the molecule is Cl.Cl.O=S(=O)(NCCN1CCNCC1)c1cncc(F)c1. The van der Waals surface area contributed by atoms with E-state index in [1.165, 1.54) is 0 Å². The smallest absolute Gasteiger partial charge is 0.242 e. The Morgan fingerprint density at radius 1 is 1.29 bits per heavy atom. The normalized spacial score (nSPS) is 15.9. The van der Waals surface area contributed by atoms with Crippen LogP contribution in [-0.4, -0.2) is 57.6 Å². The lowest BCUT2D eigenvalue weighted by Crippen LogP contribution is -2.46. The highest BCUT2D eigenvalue weighted by molar-refractivity contribution is 7.89. The van der Waals surface area contributed by atoms with Crippen LogP contribution in [0.4, 0.5) is 4.39 Å². The summed E-state index contributed by atoms with van der Waals surface area (Å²) in [6, 6.07) is 0.958. The van der Waals surface area contributed by atoms with Crippen LogP contribution in [0.2, 0.25) is 0 Å². The van der Waals surface area contributed by atoms with Crippen LogP contribution in [0.15, 0.2) is 23.4 Å². The van der Waals surface area contributed by atoms with Crippen LogP contribution in [0.3, 0.4) is 0 Å². The molecule has 1 aliphatic heterocycles. The van der Waals surface area contributed by atoms with Gasteiger partial charge in [0, 0.05) is 45.5 Å². The van der Waals surface area contributed by atoms with E-state index in [1.54, 1.807) is 0 Å². The van der Waals surface area contributed by atoms with E-state index in [0.717, 1.165) is 44.6 Å². The van der Waals surface area contributed by atoms with Gasteiger partial charge in [0.1, 0.15) is 10.7 Å². The number of aromatic nitrogens is 1. The Balaban J connectivity index is 0.00000200. The van der Waals surface area contributed by atoms with Crippen molar-refractivity contribution in [3.63, 3.8) is 0 Å². The van der Waals surface area contributed by atoms with Crippen molar-refractivity contribution in [2.24, 2.45) is 0 Å². The average Bonchev–Trinajstić information content (AvgIpc) is 2.40. The van der Waals surface area contributed by atoms with Gasteiger partial charge in [0.15, 0.2) is 0 Å². The second-order valence-corrected chi connectivity index (χ2v) is 6.10. The quantitative estimate of drug-likeness (QED) is 0.787. The highest BCUT2D eigenvalue weighted by atomic mass is 35.5. The van der Waals surface area contributed by atoms with Crippen LogP contribution in [0.1, 0.15) is 0 Å². The third-order valence-corrected chi connectivity index (χ3v) is 4.35. The van der Waals surface area contributed by atoms with Crippen molar-refractivity contribution >= 4 is 34.8 Å². The van der Waals surface area contributed by atoms with E-state index in [1.807, 2.05) is 0 Å². The Kier molecular flexibility index (Phi) is 9.26. The molecule has 10 heteroatoms. The first-order chi connectivity index (χ1) is 9.08. The molecule has 1 aliphatic rings. The first-order valence-corrected chi connectivity index (χ1v) is 7.59. The number of rotatable bonds is 5. The van der Waals surface area contributed by atoms with Crippen LogP contribution in [0.25, 0.3) is 0 Å². The Morgan fingerprint density at radius 2 is 1.95 bits per heavy atom. The summed E-state index contributed by atoms with van der Waals surface area (Å²) >= 11 is 0. The minimum atomic E-state index is -3.68. The first-order valence-electron chi connectivity index (χ1n) is 6.11. The maximum atomic E-state index is 12.9. The van der Waals surface area contributed by atoms with E-state index >= 15 is 0 Å². The molecule has 0 aliphatic carbocycles. The lowest BCUT2D eigenvalue weighted by molar-refractivity contribution is 0.245. The predicted octanol–water partition coefficient (Wildman–Crippen LogP) is 0.248. The zero-order valence-electron chi connectivity index (χ0n) is 11.3. The van der Waals surface area contributed by atoms with Gasteiger partial charge in [-0.25, -0.2) is 17.5 Å². The molecule has 0 atom stereocenters. The summed E-state index contributed by atoms with van der Waals surface area (Å²) in [4.78, 5) is 5.56. The van der Waals surface area contributed by atoms with E-state index in [0.29, 0.717) is 13.1 Å². The topological polar surface area (TPSA) is 74.3 Å². The fourth-order valence-corrected chi connectivity index (χ4v) is 2.89. The van der Waals surface area contributed by atoms with Crippen LogP contribution >= 0.6 is 24.8 Å². The molecule has 0 radical (unpaired) electrons. The minimum absolute atomic E-state index is 0. The Morgan fingerprint density at radius 3 is 2.57 bits per heavy atom. The molecule has 122 valence electrons. The highest BCUT2D eigenvalue weighted by Gasteiger charge is 2.16. The van der Waals surface area contributed by atoms with Gasteiger partial charge in [0.2, 0.25) is 10.0 Å². The molecule has 2 heterocycles. The summed E-state index contributed by atoms with van der Waals surface area (Å²) in [6.45, 7) is 4.59. The lowest BCUT2D eigenvalue weighted by Gasteiger charge is -2.27. The van der Waals surface area contributed by atoms with E-state index in [-0.39, 0.29) is 29.7 Å². The van der Waals surface area contributed by atoms with Crippen LogP contribution < -0.4 is 10.0 Å². The molecule has 0 unspecified atom stereocenters. The summed E-state index contributed by atoms with van der Waals surface area (Å²) in [7, 11) is -3.68. The fourth-order valence-electron chi connectivity index (χ4n) is 1.90. The van der Waals surface area contributed by atoms with Gasteiger partial charge < -0.3 is 5.32 Å². The molecule has 0 bridgehead atoms. The van der Waals surface area contributed by atoms with Crippen molar-refractivity contribution in [3.8, 4) is 0 Å². The molecule has 2 rings (SSSR count). The molecule has 0 saturated carbocycles. The molecule has 0 amide bonds. The van der Waals surface area contributed by atoms with Crippen molar-refractivity contribution in [2.45, 2.75) is 4.90 Å². The lowest BCUT2D eigenvalue weighted by atomic mass is 10.3. The van der Waals surface area contributed by atoms with Crippen molar-refractivity contribution < 1.29 is 12.8 Å². The predicted molar refractivity (Wildman–Crippen MR) is 83.2 cm³/mol. The number of piperazine rings is 1. The third kappa shape index (κ3) is 6.41. The molecule has 2 N–H and O–H groups in total. The second-order valence-electron chi connectivity index (χ2n) is 4.33. The number of nitrogens with zero attached hydrogens (tertiary/aromatic N) is 2. The number of hydrogen-bond acceptors (Lipinski definition) is 5. The number of nitrogens with one attached hydrogen (secondary N) is 2. The van der Waals surface area contributed by atoms with Crippen molar-refractivity contribution in [3.05, 3.63) is 24.3 Å². The molecule has 0 aromatic carbocycles. The van der Waals surface area contributed by atoms with Gasteiger partial charge in [0.05, 0.1) is 6.20 Å². The summed E-state index contributed by atoms with van der Waals surface area (Å²) in [5.41, 5.74) is 0. The summed E-state index contributed by atoms with van der Waals surface area (Å²) in [5, 5.41) is 3.22. The molecule has 1 saturated heterocycles. The van der Waals surface area contributed by atoms with Crippen LogP contribution in [0, 0.1) is 5.82 Å². The second kappa shape index (κ2) is 9.50. The van der Waals surface area contributed by atoms with E-state index in [4.69, 9.17) is 0 Å². The first kappa shape index (κ1) is 20.5. The van der Waals surface area contributed by atoms with E-state index < -0.39 is 15.8 Å². The van der Waals surface area contributed by atoms with Crippen LogP contribution in [0.5, 0.6) is 0 Å². The van der Waals surface area contributed by atoms with Gasteiger partial charge in [-0.15, -0.1) is 24.8 Å². The summed E-state index contributed by atoms with van der Waals surface area (Å²) in [5.74, 6) is -0.662. The zero-order valence-corrected chi connectivity index (χ0v) is 13.7. The molecule has 1 aromatic rings. The van der Waals surface area contributed by atoms with Gasteiger partial charge in [0.25, 0.3) is 0 Å². The Hall–Kier alpha value is -0.510. The summed E-state index contributed by atoms with van der Waals surface area (Å²) < 4.78 is 39.1. The number of hydrogen-bond donors (Lipinski definition) is 2. The molecule has 1 aromatic heterocycles. The molecular weight excluding hydrogens is 342 g/mol. The maximum Gasteiger partial charge on any atom is 0.242 e. The number of halogens is 3. The van der Waals surface area contributed by atoms with Gasteiger partial charge in [-0.3, -0.25) is 9.88 Å². The Bertz CT molecular complexity index is 527. The van der Waals surface area contributed by atoms with Gasteiger partial charge in [-0.2, -0.15) is 0 Å². The molecular formula is C11H19Cl2FN4O2S. The third-order valence-electron chi connectivity index (χ3n) is 2.92. The Labute approximate surface area is 136 Å².